The van der Waals surface area contributed by atoms with Crippen molar-refractivity contribution in [2.75, 3.05) is 0 Å². The highest BCUT2D eigenvalue weighted by atomic mass is 16.3. The van der Waals surface area contributed by atoms with Gasteiger partial charge >= 0.3 is 0 Å². The third-order valence-electron chi connectivity index (χ3n) is 3.69. The number of hydrogen-bond acceptors (Lipinski definition) is 2. The Morgan fingerprint density at radius 2 is 1.70 bits per heavy atom. The zero-order valence-electron chi connectivity index (χ0n) is 11.0. The van der Waals surface area contributed by atoms with Crippen molar-refractivity contribution in [3.05, 3.63) is 77.9 Å². The van der Waals surface area contributed by atoms with E-state index in [2.05, 4.69) is 18.2 Å². The van der Waals surface area contributed by atoms with Crippen LogP contribution in [0.2, 0.25) is 0 Å². The van der Waals surface area contributed by atoms with Crippen molar-refractivity contribution in [2.24, 2.45) is 0 Å². The summed E-state index contributed by atoms with van der Waals surface area (Å²) in [5.74, 6) is 0.0774. The van der Waals surface area contributed by atoms with Gasteiger partial charge in [-0.3, -0.25) is 0 Å². The second-order valence-electron chi connectivity index (χ2n) is 4.92. The summed E-state index contributed by atoms with van der Waals surface area (Å²) in [6.45, 7) is 0. The van der Waals surface area contributed by atoms with E-state index in [-0.39, 0.29) is 17.4 Å². The number of aromatic hydroxyl groups is 2. The minimum absolute atomic E-state index is 0.0463. The first-order valence-corrected chi connectivity index (χ1v) is 6.70. The third kappa shape index (κ3) is 2.21. The zero-order chi connectivity index (χ0) is 13.9. The highest BCUT2D eigenvalue weighted by molar-refractivity contribution is 5.79. The van der Waals surface area contributed by atoms with Gasteiger partial charge in [-0.25, -0.2) is 0 Å². The molecule has 0 spiro atoms. The zero-order valence-corrected chi connectivity index (χ0v) is 11.0. The fourth-order valence-corrected chi connectivity index (χ4v) is 2.67. The molecule has 0 aliphatic heterocycles. The van der Waals surface area contributed by atoms with E-state index in [0.29, 0.717) is 5.56 Å². The molecular weight excluding hydrogens is 248 g/mol. The molecule has 20 heavy (non-hydrogen) atoms. The molecule has 0 saturated carbocycles. The molecule has 2 nitrogen and oxygen atoms in total. The minimum atomic E-state index is -0.0789. The Kier molecular flexibility index (Phi) is 3.30. The predicted octanol–water partition coefficient (Wildman–Crippen LogP) is 4.22. The molecule has 1 aliphatic carbocycles. The van der Waals surface area contributed by atoms with Gasteiger partial charge in [0.05, 0.1) is 0 Å². The number of hydrogen-bond donors (Lipinski definition) is 2. The Labute approximate surface area is 118 Å². The van der Waals surface area contributed by atoms with Crippen molar-refractivity contribution >= 4 is 5.57 Å². The minimum Gasteiger partial charge on any atom is -0.504 e. The van der Waals surface area contributed by atoms with E-state index in [1.54, 1.807) is 6.07 Å². The lowest BCUT2D eigenvalue weighted by Gasteiger charge is -2.23. The lowest BCUT2D eigenvalue weighted by Crippen LogP contribution is -2.04. The SMILES string of the molecule is Oc1cccc(C2=CC=CCC2c2ccccc2)c1O. The van der Waals surface area contributed by atoms with Gasteiger partial charge in [-0.05, 0) is 23.6 Å². The third-order valence-corrected chi connectivity index (χ3v) is 3.69. The van der Waals surface area contributed by atoms with Crippen molar-refractivity contribution in [1.29, 1.82) is 0 Å². The summed E-state index contributed by atoms with van der Waals surface area (Å²) < 4.78 is 0. The van der Waals surface area contributed by atoms with E-state index < -0.39 is 0 Å². The van der Waals surface area contributed by atoms with Crippen LogP contribution < -0.4 is 0 Å². The first kappa shape index (κ1) is 12.5. The van der Waals surface area contributed by atoms with Gasteiger partial charge in [0.25, 0.3) is 0 Å². The smallest absolute Gasteiger partial charge is 0.165 e. The second kappa shape index (κ2) is 5.25. The molecular formula is C18H16O2. The summed E-state index contributed by atoms with van der Waals surface area (Å²) in [5.41, 5.74) is 2.95. The van der Waals surface area contributed by atoms with Crippen molar-refractivity contribution in [1.82, 2.24) is 0 Å². The van der Waals surface area contributed by atoms with Gasteiger partial charge in [-0.1, -0.05) is 60.7 Å². The fourth-order valence-electron chi connectivity index (χ4n) is 2.67. The molecule has 0 heterocycles. The number of phenolic OH excluding ortho intramolecular Hbond substituents is 2. The quantitative estimate of drug-likeness (QED) is 0.797. The Morgan fingerprint density at radius 3 is 2.50 bits per heavy atom. The highest BCUT2D eigenvalue weighted by Gasteiger charge is 2.21. The first-order chi connectivity index (χ1) is 9.77. The first-order valence-electron chi connectivity index (χ1n) is 6.70. The second-order valence-corrected chi connectivity index (χ2v) is 4.92. The van der Waals surface area contributed by atoms with Crippen LogP contribution in [0.5, 0.6) is 11.5 Å². The fraction of sp³-hybridized carbons (Fsp3) is 0.111. The summed E-state index contributed by atoms with van der Waals surface area (Å²) >= 11 is 0. The van der Waals surface area contributed by atoms with Crippen LogP contribution in [-0.4, -0.2) is 10.2 Å². The highest BCUT2D eigenvalue weighted by Crippen LogP contribution is 2.43. The number of rotatable bonds is 2. The van der Waals surface area contributed by atoms with Crippen LogP contribution in [0.3, 0.4) is 0 Å². The van der Waals surface area contributed by atoms with Crippen LogP contribution in [0.4, 0.5) is 0 Å². The van der Waals surface area contributed by atoms with E-state index in [0.717, 1.165) is 12.0 Å². The van der Waals surface area contributed by atoms with Crippen LogP contribution in [0.1, 0.15) is 23.5 Å². The summed E-state index contributed by atoms with van der Waals surface area (Å²) in [6.07, 6.45) is 7.03. The maximum atomic E-state index is 10.1. The molecule has 0 amide bonds. The number of benzene rings is 2. The predicted molar refractivity (Wildman–Crippen MR) is 80.7 cm³/mol. The molecule has 1 unspecified atom stereocenters. The van der Waals surface area contributed by atoms with Gasteiger partial charge in [-0.2, -0.15) is 0 Å². The molecule has 3 rings (SSSR count). The molecule has 1 atom stereocenters. The maximum absolute atomic E-state index is 10.1. The monoisotopic (exact) mass is 264 g/mol. The summed E-state index contributed by atoms with van der Waals surface area (Å²) in [6, 6.07) is 15.3. The standard InChI is InChI=1S/C18H16O2/c19-17-12-6-11-16(18(17)20)15-10-5-4-9-14(15)13-7-2-1-3-8-13/h1-8,10-12,14,19-20H,9H2. The van der Waals surface area contributed by atoms with Crippen molar-refractivity contribution in [3.63, 3.8) is 0 Å². The molecule has 2 N–H and O–H groups in total. The van der Waals surface area contributed by atoms with Crippen molar-refractivity contribution in [3.8, 4) is 11.5 Å². The molecule has 1 aliphatic rings. The largest absolute Gasteiger partial charge is 0.504 e. The lowest BCUT2D eigenvalue weighted by molar-refractivity contribution is 0.402. The molecule has 0 fully saturated rings. The molecule has 0 bridgehead atoms. The number of phenols is 2. The number of allylic oxidation sites excluding steroid dienone is 4. The van der Waals surface area contributed by atoms with Gasteiger partial charge in [0.1, 0.15) is 0 Å². The van der Waals surface area contributed by atoms with Gasteiger partial charge in [-0.15, -0.1) is 0 Å². The molecule has 2 aromatic rings. The summed E-state index contributed by atoms with van der Waals surface area (Å²) in [5, 5.41) is 19.8. The van der Waals surface area contributed by atoms with E-state index in [9.17, 15) is 10.2 Å². The van der Waals surface area contributed by atoms with Crippen molar-refractivity contribution in [2.45, 2.75) is 12.3 Å². The molecule has 100 valence electrons. The lowest BCUT2D eigenvalue weighted by atomic mass is 9.81. The van der Waals surface area contributed by atoms with Gasteiger partial charge in [0.2, 0.25) is 0 Å². The summed E-state index contributed by atoms with van der Waals surface area (Å²) in [7, 11) is 0. The van der Waals surface area contributed by atoms with E-state index in [1.807, 2.05) is 36.4 Å². The molecule has 0 aromatic heterocycles. The van der Waals surface area contributed by atoms with Crippen LogP contribution >= 0.6 is 0 Å². The molecule has 0 saturated heterocycles. The molecule has 2 aromatic carbocycles. The van der Waals surface area contributed by atoms with Crippen LogP contribution in [0.15, 0.2) is 66.8 Å². The van der Waals surface area contributed by atoms with Gasteiger partial charge in [0, 0.05) is 11.5 Å². The van der Waals surface area contributed by atoms with Crippen LogP contribution in [-0.2, 0) is 0 Å². The van der Waals surface area contributed by atoms with E-state index >= 15 is 0 Å². The molecule has 2 heteroatoms. The van der Waals surface area contributed by atoms with Crippen LogP contribution in [0.25, 0.3) is 5.57 Å². The Morgan fingerprint density at radius 1 is 0.900 bits per heavy atom. The average Bonchev–Trinajstić information content (AvgIpc) is 2.51. The maximum Gasteiger partial charge on any atom is 0.165 e. The normalized spacial score (nSPS) is 17.8. The Bertz CT molecular complexity index is 669. The average molecular weight is 264 g/mol. The van der Waals surface area contributed by atoms with Crippen LogP contribution in [0, 0.1) is 0 Å². The van der Waals surface area contributed by atoms with Crippen molar-refractivity contribution < 1.29 is 10.2 Å². The number of para-hydroxylation sites is 1. The van der Waals surface area contributed by atoms with Gasteiger partial charge < -0.3 is 10.2 Å². The Hall–Kier alpha value is -2.48. The van der Waals surface area contributed by atoms with E-state index in [1.165, 1.54) is 11.6 Å². The Balaban J connectivity index is 2.08. The molecule has 0 radical (unpaired) electrons. The van der Waals surface area contributed by atoms with E-state index in [4.69, 9.17) is 0 Å². The summed E-state index contributed by atoms with van der Waals surface area (Å²) in [4.78, 5) is 0. The topological polar surface area (TPSA) is 40.5 Å². The van der Waals surface area contributed by atoms with Gasteiger partial charge in [0.15, 0.2) is 11.5 Å².